The lowest BCUT2D eigenvalue weighted by atomic mass is 9.96. The molecule has 0 spiro atoms. The first-order valence-electron chi connectivity index (χ1n) is 24.4. The normalized spacial score (nSPS) is 12.5. The third-order valence-corrected chi connectivity index (χ3v) is 14.1. The quantitative estimate of drug-likeness (QED) is 0.149. The highest BCUT2D eigenvalue weighted by atomic mass is 19.4. The molecule has 0 unspecified atom stereocenters. The molecule has 0 amide bonds. The summed E-state index contributed by atoms with van der Waals surface area (Å²) in [6.07, 6.45) is -20.6. The molecule has 3 heterocycles. The molecule has 12 aromatic rings. The molecule has 0 radical (unpaired) electrons. The Hall–Kier alpha value is -9.69. The minimum absolute atomic E-state index is 0.0333. The molecular weight excluding hydrogens is 1050 g/mol. The maximum Gasteiger partial charge on any atom is 0.417 e. The number of rotatable bonds is 7. The first kappa shape index (κ1) is 51.1. The number of halogens is 12. The fraction of sp³-hybridized carbons (Fsp3) is 0.0635. The molecule has 80 heavy (non-hydrogen) atoms. The van der Waals surface area contributed by atoms with Gasteiger partial charge in [-0.15, -0.1) is 0 Å². The number of benzene rings is 9. The summed E-state index contributed by atoms with van der Waals surface area (Å²) in [5.41, 5.74) is -2.93. The molecule has 0 saturated heterocycles. The number of fused-ring (bicyclic) bond motifs is 6. The maximum absolute atomic E-state index is 14.8. The van der Waals surface area contributed by atoms with Crippen molar-refractivity contribution in [3.8, 4) is 73.6 Å². The summed E-state index contributed by atoms with van der Waals surface area (Å²) in [7, 11) is 0. The van der Waals surface area contributed by atoms with Crippen molar-refractivity contribution < 1.29 is 52.7 Å². The van der Waals surface area contributed by atoms with Crippen LogP contribution in [0.3, 0.4) is 0 Å². The van der Waals surface area contributed by atoms with Gasteiger partial charge in [-0.3, -0.25) is 0 Å². The molecule has 0 saturated carbocycles. The number of aromatic nitrogens is 4. The first-order chi connectivity index (χ1) is 38.2. The first-order valence-corrected chi connectivity index (χ1v) is 24.4. The zero-order chi connectivity index (χ0) is 56.0. The number of nitriles is 1. The van der Waals surface area contributed by atoms with Gasteiger partial charge in [0.15, 0.2) is 5.82 Å². The van der Waals surface area contributed by atoms with Crippen LogP contribution in [0.15, 0.2) is 200 Å². The van der Waals surface area contributed by atoms with E-state index in [1.165, 1.54) is 30.3 Å². The van der Waals surface area contributed by atoms with Crippen molar-refractivity contribution in [1.29, 1.82) is 5.26 Å². The van der Waals surface area contributed by atoms with Gasteiger partial charge in [-0.1, -0.05) is 133 Å². The zero-order valence-corrected chi connectivity index (χ0v) is 40.8. The van der Waals surface area contributed by atoms with Gasteiger partial charge in [0.2, 0.25) is 0 Å². The molecule has 0 aliphatic heterocycles. The summed E-state index contributed by atoms with van der Waals surface area (Å²) in [5, 5.41) is 13.6. The van der Waals surface area contributed by atoms with Crippen LogP contribution in [0.1, 0.15) is 27.8 Å². The number of nitrogens with zero attached hydrogens (tertiary/aromatic N) is 5. The zero-order valence-electron chi connectivity index (χ0n) is 40.8. The lowest BCUT2D eigenvalue weighted by Gasteiger charge is -2.20. The molecule has 394 valence electrons. The largest absolute Gasteiger partial charge is 0.417 e. The second kappa shape index (κ2) is 18.8. The molecule has 0 aliphatic rings. The van der Waals surface area contributed by atoms with E-state index in [1.807, 2.05) is 60.7 Å². The summed E-state index contributed by atoms with van der Waals surface area (Å²) < 4.78 is 176. The molecule has 12 rings (SSSR count). The van der Waals surface area contributed by atoms with Crippen LogP contribution in [0.2, 0.25) is 0 Å². The van der Waals surface area contributed by atoms with E-state index >= 15 is 0 Å². The monoisotopic (exact) mass is 1090 g/mol. The van der Waals surface area contributed by atoms with Crippen molar-refractivity contribution in [2.45, 2.75) is 24.7 Å². The van der Waals surface area contributed by atoms with E-state index in [9.17, 15) is 57.9 Å². The van der Waals surface area contributed by atoms with Gasteiger partial charge in [0.25, 0.3) is 0 Å². The minimum atomic E-state index is -5.22. The second-order valence-electron chi connectivity index (χ2n) is 18.9. The summed E-state index contributed by atoms with van der Waals surface area (Å²) in [5.74, 6) is 0.0798. The molecule has 0 fully saturated rings. The summed E-state index contributed by atoms with van der Waals surface area (Å²) >= 11 is 0. The van der Waals surface area contributed by atoms with Crippen LogP contribution < -0.4 is 0 Å². The fourth-order valence-electron chi connectivity index (χ4n) is 10.5. The van der Waals surface area contributed by atoms with Crippen molar-refractivity contribution in [2.24, 2.45) is 0 Å². The Balaban J connectivity index is 1.19. The van der Waals surface area contributed by atoms with Crippen LogP contribution in [0.5, 0.6) is 0 Å². The van der Waals surface area contributed by atoms with Gasteiger partial charge < -0.3 is 9.13 Å². The van der Waals surface area contributed by atoms with Gasteiger partial charge in [0, 0.05) is 38.2 Å². The van der Waals surface area contributed by atoms with Gasteiger partial charge in [-0.05, 0) is 89.0 Å². The van der Waals surface area contributed by atoms with Crippen LogP contribution in [0.4, 0.5) is 52.7 Å². The van der Waals surface area contributed by atoms with Crippen molar-refractivity contribution in [3.63, 3.8) is 0 Å². The third kappa shape index (κ3) is 8.92. The minimum Gasteiger partial charge on any atom is -0.308 e. The lowest BCUT2D eigenvalue weighted by molar-refractivity contribution is -0.144. The fourth-order valence-corrected chi connectivity index (χ4v) is 10.5. The van der Waals surface area contributed by atoms with E-state index < -0.39 is 58.1 Å². The topological polar surface area (TPSA) is 59.4 Å². The van der Waals surface area contributed by atoms with Gasteiger partial charge in [0.1, 0.15) is 6.07 Å². The predicted octanol–water partition coefficient (Wildman–Crippen LogP) is 19.0. The van der Waals surface area contributed by atoms with Crippen molar-refractivity contribution >= 4 is 43.6 Å². The summed E-state index contributed by atoms with van der Waals surface area (Å²) in [6.45, 7) is 0. The lowest BCUT2D eigenvalue weighted by Crippen LogP contribution is -2.12. The average molecular weight is 1090 g/mol. The predicted molar refractivity (Wildman–Crippen MR) is 283 cm³/mol. The molecule has 0 aliphatic carbocycles. The Morgan fingerprint density at radius 1 is 0.338 bits per heavy atom. The van der Waals surface area contributed by atoms with Crippen molar-refractivity contribution in [2.75, 3.05) is 0 Å². The molecule has 0 bridgehead atoms. The van der Waals surface area contributed by atoms with Gasteiger partial charge in [0.05, 0.1) is 72.6 Å². The highest BCUT2D eigenvalue weighted by Gasteiger charge is 2.40. The third-order valence-electron chi connectivity index (χ3n) is 14.1. The maximum atomic E-state index is 14.8. The highest BCUT2D eigenvalue weighted by Crippen LogP contribution is 2.47. The molecule has 0 atom stereocenters. The standard InChI is InChI=1S/C63H33F12N5/c64-60(65,66)40-21-25-42(49(30-40)62(70,71)72)37-19-23-46-44-15-7-9-17-53(44)79(56(46)27-37)55-32-48(59-77-51(35-11-3-1-4-12-35)33-52(78-59)36-13-5-2-6-14-36)58(29-39(55)34-76)80-54-18-10-8-16-45(54)47-24-20-38(28-57(47)80)43-26-22-41(61(67,68)69)31-50(43)63(73,74)75/h1-33H. The molecule has 17 heteroatoms. The number of hydrogen-bond donors (Lipinski definition) is 0. The Kier molecular flexibility index (Phi) is 12.0. The van der Waals surface area contributed by atoms with E-state index in [4.69, 9.17) is 9.97 Å². The van der Waals surface area contributed by atoms with E-state index in [2.05, 4.69) is 6.07 Å². The molecule has 3 aromatic heterocycles. The van der Waals surface area contributed by atoms with E-state index in [0.717, 1.165) is 12.1 Å². The van der Waals surface area contributed by atoms with Crippen LogP contribution in [-0.4, -0.2) is 19.1 Å². The Bertz CT molecular complexity index is 4430. The van der Waals surface area contributed by atoms with Gasteiger partial charge >= 0.3 is 24.7 Å². The van der Waals surface area contributed by atoms with Crippen LogP contribution in [0.25, 0.3) is 111 Å². The van der Waals surface area contributed by atoms with Gasteiger partial charge in [-0.25, -0.2) is 9.97 Å². The van der Waals surface area contributed by atoms with E-state index in [-0.39, 0.29) is 62.6 Å². The van der Waals surface area contributed by atoms with E-state index in [1.54, 1.807) is 81.9 Å². The molecule has 5 nitrogen and oxygen atoms in total. The van der Waals surface area contributed by atoms with Crippen molar-refractivity contribution in [3.05, 3.63) is 228 Å². The van der Waals surface area contributed by atoms with Gasteiger partial charge in [-0.2, -0.15) is 57.9 Å². The number of hydrogen-bond acceptors (Lipinski definition) is 3. The number of para-hydroxylation sites is 2. The Labute approximate surface area is 445 Å². The van der Waals surface area contributed by atoms with Crippen molar-refractivity contribution in [1.82, 2.24) is 19.1 Å². The SMILES string of the molecule is N#Cc1cc(-n2c3ccccc3c3ccc(-c4ccc(C(F)(F)F)cc4C(F)(F)F)cc32)c(-c2nc(-c3ccccc3)cc(-c3ccccc3)n2)cc1-n1c2ccccc2c2ccc(-c3ccc(C(F)(F)F)cc3C(F)(F)F)cc21. The summed E-state index contributed by atoms with van der Waals surface area (Å²) in [6, 6.07) is 51.1. The van der Waals surface area contributed by atoms with Crippen LogP contribution in [-0.2, 0) is 24.7 Å². The highest BCUT2D eigenvalue weighted by molar-refractivity contribution is 6.12. The Morgan fingerprint density at radius 3 is 1.18 bits per heavy atom. The summed E-state index contributed by atoms with van der Waals surface area (Å²) in [4.78, 5) is 10.3. The average Bonchev–Trinajstić information content (AvgIpc) is 3.97. The second-order valence-corrected chi connectivity index (χ2v) is 18.9. The Morgan fingerprint density at radius 2 is 0.750 bits per heavy atom. The number of alkyl halides is 12. The van der Waals surface area contributed by atoms with Crippen LogP contribution >= 0.6 is 0 Å². The van der Waals surface area contributed by atoms with Crippen LogP contribution in [0, 0.1) is 11.3 Å². The van der Waals surface area contributed by atoms with E-state index in [0.29, 0.717) is 67.2 Å². The smallest absolute Gasteiger partial charge is 0.308 e. The molecular formula is C63H33F12N5. The molecule has 9 aromatic carbocycles. The molecule has 0 N–H and O–H groups in total.